The van der Waals surface area contributed by atoms with Crippen LogP contribution in [-0.4, -0.2) is 47.8 Å². The minimum Gasteiger partial charge on any atom is -0.507 e. The molecule has 5 heteroatoms. The lowest BCUT2D eigenvalue weighted by molar-refractivity contribution is 0.0751. The van der Waals surface area contributed by atoms with E-state index >= 15 is 0 Å². The van der Waals surface area contributed by atoms with Gasteiger partial charge in [0.2, 0.25) is 0 Å². The number of phenols is 1. The van der Waals surface area contributed by atoms with Crippen LogP contribution >= 0.6 is 0 Å². The van der Waals surface area contributed by atoms with Gasteiger partial charge in [-0.15, -0.1) is 0 Å². The SMILES string of the molecule is CCN(CCCO)C(=O)c1cc(OC)ccc1O. The van der Waals surface area contributed by atoms with E-state index < -0.39 is 0 Å². The molecule has 0 saturated carbocycles. The Kier molecular flexibility index (Phi) is 5.45. The lowest BCUT2D eigenvalue weighted by Gasteiger charge is -2.21. The van der Waals surface area contributed by atoms with Crippen molar-refractivity contribution in [1.82, 2.24) is 4.90 Å². The Labute approximate surface area is 107 Å². The number of ether oxygens (including phenoxy) is 1. The Morgan fingerprint density at radius 2 is 2.17 bits per heavy atom. The fraction of sp³-hybridized carbons (Fsp3) is 0.462. The number of benzene rings is 1. The monoisotopic (exact) mass is 253 g/mol. The normalized spacial score (nSPS) is 10.2. The van der Waals surface area contributed by atoms with Crippen LogP contribution < -0.4 is 4.74 Å². The minimum absolute atomic E-state index is 0.0356. The Balaban J connectivity index is 2.93. The van der Waals surface area contributed by atoms with Crippen molar-refractivity contribution in [1.29, 1.82) is 0 Å². The summed E-state index contributed by atoms with van der Waals surface area (Å²) in [6, 6.07) is 4.54. The van der Waals surface area contributed by atoms with Gasteiger partial charge in [0.15, 0.2) is 0 Å². The molecule has 2 N–H and O–H groups in total. The van der Waals surface area contributed by atoms with E-state index in [4.69, 9.17) is 9.84 Å². The molecule has 1 amide bonds. The highest BCUT2D eigenvalue weighted by molar-refractivity contribution is 5.97. The molecule has 0 aliphatic carbocycles. The predicted molar refractivity (Wildman–Crippen MR) is 67.9 cm³/mol. The van der Waals surface area contributed by atoms with Crippen molar-refractivity contribution < 1.29 is 19.7 Å². The van der Waals surface area contributed by atoms with Crippen LogP contribution in [0, 0.1) is 0 Å². The molecular formula is C13H19NO4. The summed E-state index contributed by atoms with van der Waals surface area (Å²) in [4.78, 5) is 13.8. The second kappa shape index (κ2) is 6.86. The van der Waals surface area contributed by atoms with Crippen molar-refractivity contribution in [3.8, 4) is 11.5 Å². The van der Waals surface area contributed by atoms with E-state index in [2.05, 4.69) is 0 Å². The van der Waals surface area contributed by atoms with Gasteiger partial charge in [-0.3, -0.25) is 4.79 Å². The topological polar surface area (TPSA) is 70.0 Å². The average molecular weight is 253 g/mol. The smallest absolute Gasteiger partial charge is 0.257 e. The van der Waals surface area contributed by atoms with Gasteiger partial charge in [0.1, 0.15) is 11.5 Å². The molecule has 1 aromatic carbocycles. The Morgan fingerprint density at radius 3 is 2.72 bits per heavy atom. The first-order valence-corrected chi connectivity index (χ1v) is 5.91. The summed E-state index contributed by atoms with van der Waals surface area (Å²) in [5.41, 5.74) is 0.217. The van der Waals surface area contributed by atoms with E-state index in [1.54, 1.807) is 11.0 Å². The van der Waals surface area contributed by atoms with Gasteiger partial charge in [0.05, 0.1) is 12.7 Å². The summed E-state index contributed by atoms with van der Waals surface area (Å²) >= 11 is 0. The second-order valence-corrected chi connectivity index (χ2v) is 3.85. The lowest BCUT2D eigenvalue weighted by Crippen LogP contribution is -2.32. The van der Waals surface area contributed by atoms with Crippen LogP contribution in [0.2, 0.25) is 0 Å². The standard InChI is InChI=1S/C13H19NO4/c1-3-14(7-4-8-15)13(17)11-9-10(18-2)5-6-12(11)16/h5-6,9,15-16H,3-4,7-8H2,1-2H3. The molecule has 0 radical (unpaired) electrons. The lowest BCUT2D eigenvalue weighted by atomic mass is 10.1. The molecule has 0 atom stereocenters. The summed E-state index contributed by atoms with van der Waals surface area (Å²) < 4.78 is 5.03. The first kappa shape index (κ1) is 14.3. The van der Waals surface area contributed by atoms with Gasteiger partial charge in [-0.05, 0) is 31.5 Å². The summed E-state index contributed by atoms with van der Waals surface area (Å²) in [5.74, 6) is 0.194. The third kappa shape index (κ3) is 3.37. The molecule has 0 heterocycles. The third-order valence-corrected chi connectivity index (χ3v) is 2.69. The number of rotatable bonds is 6. The highest BCUT2D eigenvalue weighted by Crippen LogP contribution is 2.24. The fourth-order valence-corrected chi connectivity index (χ4v) is 1.65. The number of carbonyl (C=O) groups excluding carboxylic acids is 1. The van der Waals surface area contributed by atoms with Crippen molar-refractivity contribution in [3.63, 3.8) is 0 Å². The Hall–Kier alpha value is -1.75. The number of aliphatic hydroxyl groups excluding tert-OH is 1. The molecule has 5 nitrogen and oxygen atoms in total. The van der Waals surface area contributed by atoms with E-state index in [-0.39, 0.29) is 23.8 Å². The first-order chi connectivity index (χ1) is 8.63. The number of methoxy groups -OCH3 is 1. The highest BCUT2D eigenvalue weighted by Gasteiger charge is 2.18. The van der Waals surface area contributed by atoms with E-state index in [0.29, 0.717) is 25.3 Å². The van der Waals surface area contributed by atoms with Crippen LogP contribution in [-0.2, 0) is 0 Å². The zero-order chi connectivity index (χ0) is 13.5. The maximum Gasteiger partial charge on any atom is 0.257 e. The van der Waals surface area contributed by atoms with Gasteiger partial charge < -0.3 is 19.8 Å². The maximum atomic E-state index is 12.2. The van der Waals surface area contributed by atoms with Crippen LogP contribution in [0.25, 0.3) is 0 Å². The van der Waals surface area contributed by atoms with Crippen LogP contribution in [0.5, 0.6) is 11.5 Å². The highest BCUT2D eigenvalue weighted by atomic mass is 16.5. The van der Waals surface area contributed by atoms with Crippen LogP contribution in [0.4, 0.5) is 0 Å². The molecule has 0 saturated heterocycles. The Bertz CT molecular complexity index is 406. The summed E-state index contributed by atoms with van der Waals surface area (Å²) in [6.45, 7) is 2.87. The van der Waals surface area contributed by atoms with Crippen LogP contribution in [0.3, 0.4) is 0 Å². The molecule has 0 spiro atoms. The zero-order valence-corrected chi connectivity index (χ0v) is 10.7. The third-order valence-electron chi connectivity index (χ3n) is 2.69. The van der Waals surface area contributed by atoms with Crippen molar-refractivity contribution in [2.75, 3.05) is 26.8 Å². The molecule has 0 aromatic heterocycles. The molecule has 0 bridgehead atoms. The molecule has 18 heavy (non-hydrogen) atoms. The zero-order valence-electron chi connectivity index (χ0n) is 10.7. The van der Waals surface area contributed by atoms with Gasteiger partial charge in [-0.1, -0.05) is 0 Å². The molecule has 0 fully saturated rings. The van der Waals surface area contributed by atoms with Crippen molar-refractivity contribution in [2.24, 2.45) is 0 Å². The molecule has 1 rings (SSSR count). The average Bonchev–Trinajstić information content (AvgIpc) is 2.40. The number of carbonyl (C=O) groups is 1. The summed E-state index contributed by atoms with van der Waals surface area (Å²) in [5, 5.41) is 18.5. The van der Waals surface area contributed by atoms with Gasteiger partial charge in [0.25, 0.3) is 5.91 Å². The molecule has 1 aromatic rings. The first-order valence-electron chi connectivity index (χ1n) is 5.91. The van der Waals surface area contributed by atoms with Crippen LogP contribution in [0.1, 0.15) is 23.7 Å². The number of hydrogen-bond acceptors (Lipinski definition) is 4. The van der Waals surface area contributed by atoms with Crippen molar-refractivity contribution in [2.45, 2.75) is 13.3 Å². The number of aromatic hydroxyl groups is 1. The molecule has 0 aliphatic heterocycles. The van der Waals surface area contributed by atoms with Gasteiger partial charge in [0, 0.05) is 19.7 Å². The summed E-state index contributed by atoms with van der Waals surface area (Å²) in [7, 11) is 1.50. The largest absolute Gasteiger partial charge is 0.507 e. The summed E-state index contributed by atoms with van der Waals surface area (Å²) in [6.07, 6.45) is 0.518. The number of amides is 1. The van der Waals surface area contributed by atoms with Crippen molar-refractivity contribution >= 4 is 5.91 Å². The Morgan fingerprint density at radius 1 is 1.44 bits per heavy atom. The second-order valence-electron chi connectivity index (χ2n) is 3.85. The minimum atomic E-state index is -0.262. The maximum absolute atomic E-state index is 12.2. The number of phenolic OH excluding ortho intramolecular Hbond substituents is 1. The molecular weight excluding hydrogens is 234 g/mol. The predicted octanol–water partition coefficient (Wildman–Crippen LogP) is 1.25. The van der Waals surface area contributed by atoms with Crippen LogP contribution in [0.15, 0.2) is 18.2 Å². The number of nitrogens with zero attached hydrogens (tertiary/aromatic N) is 1. The van der Waals surface area contributed by atoms with Gasteiger partial charge in [-0.2, -0.15) is 0 Å². The fourth-order valence-electron chi connectivity index (χ4n) is 1.65. The number of hydrogen-bond donors (Lipinski definition) is 2. The van der Waals surface area contributed by atoms with E-state index in [1.165, 1.54) is 19.2 Å². The van der Waals surface area contributed by atoms with Crippen molar-refractivity contribution in [3.05, 3.63) is 23.8 Å². The van der Waals surface area contributed by atoms with E-state index in [0.717, 1.165) is 0 Å². The quantitative estimate of drug-likeness (QED) is 0.800. The molecule has 100 valence electrons. The van der Waals surface area contributed by atoms with E-state index in [1.807, 2.05) is 6.92 Å². The van der Waals surface area contributed by atoms with E-state index in [9.17, 15) is 9.90 Å². The molecule has 0 aliphatic rings. The molecule has 0 unspecified atom stereocenters. The van der Waals surface area contributed by atoms with Gasteiger partial charge >= 0.3 is 0 Å². The van der Waals surface area contributed by atoms with Gasteiger partial charge in [-0.25, -0.2) is 0 Å². The number of aliphatic hydroxyl groups is 1.